The predicted molar refractivity (Wildman–Crippen MR) is 46.2 cm³/mol. The molecule has 0 aliphatic rings. The zero-order chi connectivity index (χ0) is 11.2. The SMILES string of the molecule is CCCCNC(=O)/C=C(\N)C(F)(F)F. The van der Waals surface area contributed by atoms with E-state index in [1.807, 2.05) is 6.92 Å². The highest BCUT2D eigenvalue weighted by Gasteiger charge is 2.31. The Balaban J connectivity index is 4.03. The topological polar surface area (TPSA) is 55.1 Å². The van der Waals surface area contributed by atoms with E-state index in [0.717, 1.165) is 12.8 Å². The van der Waals surface area contributed by atoms with Gasteiger partial charge in [0.25, 0.3) is 0 Å². The van der Waals surface area contributed by atoms with Crippen LogP contribution in [-0.4, -0.2) is 18.6 Å². The predicted octanol–water partition coefficient (Wildman–Crippen LogP) is 1.31. The Morgan fingerprint density at radius 1 is 1.50 bits per heavy atom. The molecule has 82 valence electrons. The minimum atomic E-state index is -4.64. The second-order valence-electron chi connectivity index (χ2n) is 2.74. The van der Waals surface area contributed by atoms with Gasteiger partial charge in [-0.15, -0.1) is 0 Å². The maximum Gasteiger partial charge on any atom is 0.430 e. The average Bonchev–Trinajstić information content (AvgIpc) is 2.03. The van der Waals surface area contributed by atoms with E-state index in [9.17, 15) is 18.0 Å². The number of carbonyl (C=O) groups excluding carboxylic acids is 1. The summed E-state index contributed by atoms with van der Waals surface area (Å²) in [5, 5.41) is 2.29. The van der Waals surface area contributed by atoms with Gasteiger partial charge in [0.1, 0.15) is 5.70 Å². The zero-order valence-corrected chi connectivity index (χ0v) is 7.82. The normalized spacial score (nSPS) is 12.7. The second-order valence-corrected chi connectivity index (χ2v) is 2.74. The number of alkyl halides is 3. The lowest BCUT2D eigenvalue weighted by atomic mass is 10.3. The van der Waals surface area contributed by atoms with Crippen molar-refractivity contribution in [1.82, 2.24) is 5.32 Å². The number of unbranched alkanes of at least 4 members (excludes halogenated alkanes) is 1. The molecule has 6 heteroatoms. The van der Waals surface area contributed by atoms with Gasteiger partial charge in [-0.2, -0.15) is 13.2 Å². The molecule has 0 saturated carbocycles. The van der Waals surface area contributed by atoms with Crippen molar-refractivity contribution < 1.29 is 18.0 Å². The standard InChI is InChI=1S/C8H13F3N2O/c1-2-3-4-13-7(14)5-6(12)8(9,10)11/h5H,2-4,12H2,1H3,(H,13,14)/b6-5-. The first-order valence-corrected chi connectivity index (χ1v) is 4.20. The summed E-state index contributed by atoms with van der Waals surface area (Å²) in [7, 11) is 0. The first kappa shape index (κ1) is 12.8. The van der Waals surface area contributed by atoms with Crippen molar-refractivity contribution in [2.45, 2.75) is 25.9 Å². The van der Waals surface area contributed by atoms with Gasteiger partial charge >= 0.3 is 6.18 Å². The Bertz CT molecular complexity index is 223. The second kappa shape index (κ2) is 5.51. The highest BCUT2D eigenvalue weighted by atomic mass is 19.4. The van der Waals surface area contributed by atoms with E-state index in [2.05, 4.69) is 11.1 Å². The number of carbonyl (C=O) groups is 1. The van der Waals surface area contributed by atoms with E-state index in [0.29, 0.717) is 12.6 Å². The van der Waals surface area contributed by atoms with Crippen LogP contribution in [0.4, 0.5) is 13.2 Å². The summed E-state index contributed by atoms with van der Waals surface area (Å²) in [5.74, 6) is -0.812. The molecule has 0 bridgehead atoms. The van der Waals surface area contributed by atoms with Crippen molar-refractivity contribution >= 4 is 5.91 Å². The van der Waals surface area contributed by atoms with Crippen molar-refractivity contribution in [3.8, 4) is 0 Å². The molecule has 0 radical (unpaired) electrons. The van der Waals surface area contributed by atoms with E-state index >= 15 is 0 Å². The fourth-order valence-electron chi connectivity index (χ4n) is 0.662. The average molecular weight is 210 g/mol. The van der Waals surface area contributed by atoms with Crippen molar-refractivity contribution in [3.63, 3.8) is 0 Å². The summed E-state index contributed by atoms with van der Waals surface area (Å²) in [4.78, 5) is 10.8. The Hall–Kier alpha value is -1.20. The zero-order valence-electron chi connectivity index (χ0n) is 7.82. The summed E-state index contributed by atoms with van der Waals surface area (Å²) in [6.07, 6.45) is -2.69. The van der Waals surface area contributed by atoms with Gasteiger partial charge < -0.3 is 11.1 Å². The van der Waals surface area contributed by atoms with E-state index in [4.69, 9.17) is 0 Å². The number of amides is 1. The molecular formula is C8H13F3N2O. The summed E-state index contributed by atoms with van der Waals surface area (Å²) < 4.78 is 35.5. The number of hydrogen-bond acceptors (Lipinski definition) is 2. The third-order valence-electron chi connectivity index (χ3n) is 1.44. The van der Waals surface area contributed by atoms with Crippen LogP contribution in [0, 0.1) is 0 Å². The molecule has 3 N–H and O–H groups in total. The van der Waals surface area contributed by atoms with E-state index in [-0.39, 0.29) is 0 Å². The molecule has 0 aromatic carbocycles. The van der Waals surface area contributed by atoms with Gasteiger partial charge in [-0.1, -0.05) is 13.3 Å². The quantitative estimate of drug-likeness (QED) is 0.543. The van der Waals surface area contributed by atoms with Crippen LogP contribution in [0.15, 0.2) is 11.8 Å². The highest BCUT2D eigenvalue weighted by molar-refractivity contribution is 5.88. The molecule has 0 fully saturated rings. The van der Waals surface area contributed by atoms with E-state index in [1.54, 1.807) is 0 Å². The number of nitrogens with two attached hydrogens (primary N) is 1. The first-order chi connectivity index (χ1) is 6.38. The summed E-state index contributed by atoms with van der Waals surface area (Å²) >= 11 is 0. The molecule has 0 aromatic rings. The van der Waals surface area contributed by atoms with Crippen LogP contribution < -0.4 is 11.1 Å². The van der Waals surface area contributed by atoms with Crippen molar-refractivity contribution in [3.05, 3.63) is 11.8 Å². The molecule has 0 aromatic heterocycles. The molecule has 0 rings (SSSR count). The first-order valence-electron chi connectivity index (χ1n) is 4.20. The van der Waals surface area contributed by atoms with Crippen LogP contribution in [0.25, 0.3) is 0 Å². The third kappa shape index (κ3) is 5.45. The van der Waals surface area contributed by atoms with Crippen molar-refractivity contribution in [1.29, 1.82) is 0 Å². The Labute approximate surface area is 80.2 Å². The van der Waals surface area contributed by atoms with Crippen LogP contribution in [0.2, 0.25) is 0 Å². The van der Waals surface area contributed by atoms with Gasteiger partial charge in [0.05, 0.1) is 0 Å². The van der Waals surface area contributed by atoms with E-state index < -0.39 is 17.8 Å². The smallest absolute Gasteiger partial charge is 0.395 e. The molecule has 0 spiro atoms. The third-order valence-corrected chi connectivity index (χ3v) is 1.44. The maximum atomic E-state index is 11.8. The molecule has 0 atom stereocenters. The van der Waals surface area contributed by atoms with Crippen LogP contribution in [0.5, 0.6) is 0 Å². The van der Waals surface area contributed by atoms with Gasteiger partial charge in [0, 0.05) is 12.6 Å². The lowest BCUT2D eigenvalue weighted by Gasteiger charge is -2.06. The van der Waals surface area contributed by atoms with Gasteiger partial charge in [0.2, 0.25) is 5.91 Å². The van der Waals surface area contributed by atoms with Gasteiger partial charge in [0.15, 0.2) is 0 Å². The Kier molecular flexibility index (Phi) is 5.04. The summed E-state index contributed by atoms with van der Waals surface area (Å²) in [6, 6.07) is 0. The molecule has 0 saturated heterocycles. The number of nitrogens with one attached hydrogen (secondary N) is 1. The molecule has 3 nitrogen and oxygen atoms in total. The van der Waals surface area contributed by atoms with Crippen LogP contribution in [-0.2, 0) is 4.79 Å². The van der Waals surface area contributed by atoms with E-state index in [1.165, 1.54) is 0 Å². The summed E-state index contributed by atoms with van der Waals surface area (Å²) in [5.41, 5.74) is 3.25. The lowest BCUT2D eigenvalue weighted by molar-refractivity contribution is -0.118. The van der Waals surface area contributed by atoms with Gasteiger partial charge in [-0.3, -0.25) is 4.79 Å². The summed E-state index contributed by atoms with van der Waals surface area (Å²) in [6.45, 7) is 2.27. The minimum absolute atomic E-state index is 0.357. The molecular weight excluding hydrogens is 197 g/mol. The number of hydrogen-bond donors (Lipinski definition) is 2. The molecule has 0 unspecified atom stereocenters. The van der Waals surface area contributed by atoms with Gasteiger partial charge in [-0.25, -0.2) is 0 Å². The van der Waals surface area contributed by atoms with Crippen LogP contribution >= 0.6 is 0 Å². The fourth-order valence-corrected chi connectivity index (χ4v) is 0.662. The van der Waals surface area contributed by atoms with Crippen LogP contribution in [0.3, 0.4) is 0 Å². The molecule has 1 amide bonds. The minimum Gasteiger partial charge on any atom is -0.395 e. The molecule has 14 heavy (non-hydrogen) atoms. The Morgan fingerprint density at radius 2 is 2.07 bits per heavy atom. The maximum absolute atomic E-state index is 11.8. The highest BCUT2D eigenvalue weighted by Crippen LogP contribution is 2.20. The lowest BCUT2D eigenvalue weighted by Crippen LogP contribution is -2.27. The molecule has 0 aliphatic heterocycles. The Morgan fingerprint density at radius 3 is 2.50 bits per heavy atom. The van der Waals surface area contributed by atoms with Crippen molar-refractivity contribution in [2.24, 2.45) is 5.73 Å². The van der Waals surface area contributed by atoms with Gasteiger partial charge in [-0.05, 0) is 6.42 Å². The monoisotopic (exact) mass is 210 g/mol. The van der Waals surface area contributed by atoms with Crippen molar-refractivity contribution in [2.75, 3.05) is 6.54 Å². The number of allylic oxidation sites excluding steroid dienone is 1. The number of halogens is 3. The number of rotatable bonds is 4. The molecule has 0 aliphatic carbocycles. The fraction of sp³-hybridized carbons (Fsp3) is 0.625. The molecule has 0 heterocycles. The van der Waals surface area contributed by atoms with Crippen LogP contribution in [0.1, 0.15) is 19.8 Å². The largest absolute Gasteiger partial charge is 0.430 e.